The van der Waals surface area contributed by atoms with Gasteiger partial charge < -0.3 is 14.8 Å². The van der Waals surface area contributed by atoms with Crippen molar-refractivity contribution in [2.24, 2.45) is 0 Å². The lowest BCUT2D eigenvalue weighted by molar-refractivity contribution is 0.356. The van der Waals surface area contributed by atoms with Crippen molar-refractivity contribution in [2.75, 3.05) is 19.5 Å². The van der Waals surface area contributed by atoms with Gasteiger partial charge >= 0.3 is 0 Å². The van der Waals surface area contributed by atoms with Gasteiger partial charge in [-0.2, -0.15) is 0 Å². The van der Waals surface area contributed by atoms with Crippen LogP contribution in [0.25, 0.3) is 32.1 Å². The Morgan fingerprint density at radius 1 is 0.939 bits per heavy atom. The van der Waals surface area contributed by atoms with E-state index in [1.165, 1.54) is 20.7 Å². The lowest BCUT2D eigenvalue weighted by Gasteiger charge is -2.16. The summed E-state index contributed by atoms with van der Waals surface area (Å²) < 4.78 is 10.9. The Morgan fingerprint density at radius 3 is 2.58 bits per heavy atom. The van der Waals surface area contributed by atoms with Gasteiger partial charge in [-0.3, -0.25) is 4.98 Å². The first kappa shape index (κ1) is 21.2. The van der Waals surface area contributed by atoms with Crippen LogP contribution in [0.5, 0.6) is 11.5 Å². The first-order valence-corrected chi connectivity index (χ1v) is 11.5. The van der Waals surface area contributed by atoms with Gasteiger partial charge in [0.2, 0.25) is 0 Å². The fraction of sp³-hybridized carbons (Fsp3) is 0.192. The van der Waals surface area contributed by atoms with Crippen molar-refractivity contribution in [1.82, 2.24) is 15.0 Å². The number of anilines is 1. The van der Waals surface area contributed by atoms with Crippen LogP contribution in [0, 0.1) is 6.92 Å². The molecule has 0 aliphatic heterocycles. The molecule has 0 spiro atoms. The summed E-state index contributed by atoms with van der Waals surface area (Å²) in [5, 5.41) is 6.83. The molecule has 3 aromatic heterocycles. The molecule has 0 aliphatic carbocycles. The first-order valence-electron chi connectivity index (χ1n) is 10.7. The van der Waals surface area contributed by atoms with Gasteiger partial charge in [0.05, 0.1) is 25.8 Å². The van der Waals surface area contributed by atoms with Gasteiger partial charge in [0, 0.05) is 39.0 Å². The minimum Gasteiger partial charge on any atom is -0.493 e. The van der Waals surface area contributed by atoms with Gasteiger partial charge in [0.1, 0.15) is 11.6 Å². The Labute approximate surface area is 196 Å². The second-order valence-corrected chi connectivity index (χ2v) is 8.93. The zero-order valence-corrected chi connectivity index (χ0v) is 19.7. The standard InChI is InChI=1S/C26H24N4O2S/c1-15(24-8-9-25(33-24)19-7-5-6-17-14-27-11-10-18(17)19)28-26-20-12-22(31-3)23(32-4)13-21(20)29-16(2)30-26/h5-15H,1-4H3,(H,28,29,30)/t15-/m0/s1. The largest absolute Gasteiger partial charge is 0.493 e. The molecule has 2 aromatic carbocycles. The third-order valence-electron chi connectivity index (χ3n) is 5.67. The Morgan fingerprint density at radius 2 is 1.76 bits per heavy atom. The van der Waals surface area contributed by atoms with Crippen LogP contribution in [-0.2, 0) is 0 Å². The summed E-state index contributed by atoms with van der Waals surface area (Å²) in [6.07, 6.45) is 3.75. The number of aromatic nitrogens is 3. The molecule has 0 radical (unpaired) electrons. The van der Waals surface area contributed by atoms with Crippen molar-refractivity contribution >= 4 is 38.8 Å². The molecule has 0 unspecified atom stereocenters. The van der Waals surface area contributed by atoms with Crippen LogP contribution in [0.4, 0.5) is 5.82 Å². The van der Waals surface area contributed by atoms with E-state index in [1.807, 2.05) is 31.5 Å². The number of ether oxygens (including phenoxy) is 2. The second-order valence-electron chi connectivity index (χ2n) is 7.81. The molecule has 0 fully saturated rings. The molecule has 7 heteroatoms. The third-order valence-corrected chi connectivity index (χ3v) is 6.97. The lowest BCUT2D eigenvalue weighted by Crippen LogP contribution is -2.08. The molecule has 5 aromatic rings. The lowest BCUT2D eigenvalue weighted by atomic mass is 10.1. The summed E-state index contributed by atoms with van der Waals surface area (Å²) in [4.78, 5) is 16.0. The van der Waals surface area contributed by atoms with Crippen molar-refractivity contribution < 1.29 is 9.47 Å². The average Bonchev–Trinajstić information content (AvgIpc) is 3.33. The molecule has 0 aliphatic rings. The Hall–Kier alpha value is -3.71. The average molecular weight is 457 g/mol. The minimum absolute atomic E-state index is 0.0611. The fourth-order valence-electron chi connectivity index (χ4n) is 4.03. The monoisotopic (exact) mass is 456 g/mol. The van der Waals surface area contributed by atoms with Crippen LogP contribution >= 0.6 is 11.3 Å². The van der Waals surface area contributed by atoms with Crippen molar-refractivity contribution in [2.45, 2.75) is 19.9 Å². The zero-order chi connectivity index (χ0) is 22.9. The van der Waals surface area contributed by atoms with Crippen molar-refractivity contribution in [3.63, 3.8) is 0 Å². The molecule has 1 N–H and O–H groups in total. The number of hydrogen-bond donors (Lipinski definition) is 1. The first-order chi connectivity index (χ1) is 16.1. The van der Waals surface area contributed by atoms with Gasteiger partial charge in [0.25, 0.3) is 0 Å². The topological polar surface area (TPSA) is 69.2 Å². The van der Waals surface area contributed by atoms with E-state index < -0.39 is 0 Å². The summed E-state index contributed by atoms with van der Waals surface area (Å²) >= 11 is 1.78. The Bertz CT molecular complexity index is 1460. The molecule has 0 amide bonds. The number of pyridine rings is 1. The minimum atomic E-state index is 0.0611. The molecular weight excluding hydrogens is 432 g/mol. The molecule has 6 nitrogen and oxygen atoms in total. The molecule has 0 bridgehead atoms. The third kappa shape index (κ3) is 3.96. The number of aryl methyl sites for hydroxylation is 1. The molecule has 1 atom stereocenters. The highest BCUT2D eigenvalue weighted by atomic mass is 32.1. The quantitative estimate of drug-likeness (QED) is 0.319. The number of rotatable bonds is 6. The molecule has 166 valence electrons. The van der Waals surface area contributed by atoms with Crippen LogP contribution < -0.4 is 14.8 Å². The Balaban J connectivity index is 1.49. The molecule has 5 rings (SSSR count). The van der Waals surface area contributed by atoms with Crippen LogP contribution in [0.1, 0.15) is 23.7 Å². The van der Waals surface area contributed by atoms with E-state index in [4.69, 9.17) is 9.47 Å². The predicted octanol–water partition coefficient (Wildman–Crippen LogP) is 6.41. The summed E-state index contributed by atoms with van der Waals surface area (Å²) in [6, 6.07) is 16.6. The number of nitrogens with zero attached hydrogens (tertiary/aromatic N) is 3. The van der Waals surface area contributed by atoms with Crippen LogP contribution in [0.15, 0.2) is 60.9 Å². The van der Waals surface area contributed by atoms with Gasteiger partial charge in [-0.15, -0.1) is 11.3 Å². The summed E-state index contributed by atoms with van der Waals surface area (Å²) in [5.74, 6) is 2.77. The summed E-state index contributed by atoms with van der Waals surface area (Å²) in [6.45, 7) is 4.04. The second kappa shape index (κ2) is 8.67. The molecule has 0 saturated heterocycles. The number of benzene rings is 2. The van der Waals surface area contributed by atoms with Crippen LogP contribution in [-0.4, -0.2) is 29.2 Å². The molecule has 33 heavy (non-hydrogen) atoms. The zero-order valence-electron chi connectivity index (χ0n) is 18.9. The molecule has 3 heterocycles. The van der Waals surface area contributed by atoms with E-state index in [0.29, 0.717) is 17.3 Å². The van der Waals surface area contributed by atoms with Gasteiger partial charge in [-0.25, -0.2) is 9.97 Å². The van der Waals surface area contributed by atoms with E-state index in [-0.39, 0.29) is 6.04 Å². The SMILES string of the molecule is COc1cc2nc(C)nc(N[C@@H](C)c3ccc(-c4cccc5cnccc45)s3)c2cc1OC. The highest BCUT2D eigenvalue weighted by Crippen LogP contribution is 2.38. The van der Waals surface area contributed by atoms with Crippen LogP contribution in [0.2, 0.25) is 0 Å². The highest BCUT2D eigenvalue weighted by Gasteiger charge is 2.16. The fourth-order valence-corrected chi connectivity index (χ4v) is 5.08. The smallest absolute Gasteiger partial charge is 0.162 e. The number of thiophene rings is 1. The van der Waals surface area contributed by atoms with Crippen LogP contribution in [0.3, 0.4) is 0 Å². The van der Waals surface area contributed by atoms with E-state index >= 15 is 0 Å². The summed E-state index contributed by atoms with van der Waals surface area (Å²) in [7, 11) is 3.25. The maximum absolute atomic E-state index is 5.50. The van der Waals surface area contributed by atoms with Crippen molar-refractivity contribution in [1.29, 1.82) is 0 Å². The predicted molar refractivity (Wildman–Crippen MR) is 134 cm³/mol. The summed E-state index contributed by atoms with van der Waals surface area (Å²) in [5.41, 5.74) is 2.03. The van der Waals surface area contributed by atoms with E-state index in [0.717, 1.165) is 22.1 Å². The van der Waals surface area contributed by atoms with Gasteiger partial charge in [0.15, 0.2) is 11.5 Å². The van der Waals surface area contributed by atoms with Crippen molar-refractivity contribution in [3.05, 3.63) is 71.6 Å². The number of methoxy groups -OCH3 is 2. The van der Waals surface area contributed by atoms with Gasteiger partial charge in [-0.05, 0) is 49.1 Å². The van der Waals surface area contributed by atoms with Gasteiger partial charge in [-0.1, -0.05) is 18.2 Å². The number of nitrogens with one attached hydrogen (secondary N) is 1. The maximum Gasteiger partial charge on any atom is 0.162 e. The van der Waals surface area contributed by atoms with Crippen molar-refractivity contribution in [3.8, 4) is 21.9 Å². The highest BCUT2D eigenvalue weighted by molar-refractivity contribution is 7.15. The normalized spacial score (nSPS) is 12.1. The van der Waals surface area contributed by atoms with E-state index in [9.17, 15) is 0 Å². The molecule has 0 saturated carbocycles. The maximum atomic E-state index is 5.50. The van der Waals surface area contributed by atoms with E-state index in [2.05, 4.69) is 63.6 Å². The van der Waals surface area contributed by atoms with E-state index in [1.54, 1.807) is 25.6 Å². The number of fused-ring (bicyclic) bond motifs is 2. The molecular formula is C26H24N4O2S. The Kier molecular flexibility index (Phi) is 5.56. The number of hydrogen-bond acceptors (Lipinski definition) is 7.